The van der Waals surface area contributed by atoms with E-state index in [9.17, 15) is 9.59 Å². The van der Waals surface area contributed by atoms with Crippen LogP contribution in [0.1, 0.15) is 174 Å². The number of hydrogen-bond donors (Lipinski definition) is 1. The van der Waals surface area contributed by atoms with Gasteiger partial charge in [-0.25, -0.2) is 4.79 Å². The van der Waals surface area contributed by atoms with Gasteiger partial charge in [-0.1, -0.05) is 171 Å². The van der Waals surface area contributed by atoms with Crippen molar-refractivity contribution in [1.82, 2.24) is 5.17 Å². The van der Waals surface area contributed by atoms with Gasteiger partial charge in [0.05, 0.1) is 0 Å². The van der Waals surface area contributed by atoms with Crippen LogP contribution >= 0.6 is 0 Å². The highest BCUT2D eigenvalue weighted by Gasteiger charge is 2.08. The predicted molar refractivity (Wildman–Crippen MR) is 142 cm³/mol. The third-order valence-corrected chi connectivity index (χ3v) is 6.85. The molecular formula is C29H56N2O3. The van der Waals surface area contributed by atoms with Gasteiger partial charge in [-0.3, -0.25) is 10.0 Å². The van der Waals surface area contributed by atoms with Gasteiger partial charge in [-0.15, -0.1) is 0 Å². The summed E-state index contributed by atoms with van der Waals surface area (Å²) in [4.78, 5) is 21.3. The van der Waals surface area contributed by atoms with Gasteiger partial charge in [0.1, 0.15) is 0 Å². The Kier molecular flexibility index (Phi) is 27.1. The van der Waals surface area contributed by atoms with Crippen LogP contribution in [0, 0.1) is 0 Å². The molecule has 0 rings (SSSR count). The van der Waals surface area contributed by atoms with Gasteiger partial charge in [0.15, 0.2) is 0 Å². The van der Waals surface area contributed by atoms with E-state index in [1.807, 2.05) is 0 Å². The Balaban J connectivity index is 3.11. The van der Waals surface area contributed by atoms with Crippen molar-refractivity contribution < 1.29 is 14.8 Å². The molecule has 0 aliphatic rings. The highest BCUT2D eigenvalue weighted by atomic mass is 16.5. The zero-order chi connectivity index (χ0) is 25.0. The second-order valence-corrected chi connectivity index (χ2v) is 10.1. The lowest BCUT2D eigenvalue weighted by Gasteiger charge is -2.06. The Labute approximate surface area is 211 Å². The molecule has 0 atom stereocenters. The molecule has 200 valence electrons. The molecule has 5 nitrogen and oxygen atoms in total. The molecule has 0 aromatic heterocycles. The normalized spacial score (nSPS) is 10.9. The molecule has 1 N–H and O–H groups in total. The molecule has 1 amide bonds. The van der Waals surface area contributed by atoms with Crippen molar-refractivity contribution in [1.29, 1.82) is 0 Å². The fourth-order valence-electron chi connectivity index (χ4n) is 4.61. The number of hydrazone groups is 1. The number of nitrogens with zero attached hydrogens (tertiary/aromatic N) is 2. The summed E-state index contributed by atoms with van der Waals surface area (Å²) >= 11 is 0. The van der Waals surface area contributed by atoms with Crippen LogP contribution in [0.2, 0.25) is 0 Å². The molecule has 0 heterocycles. The van der Waals surface area contributed by atoms with E-state index in [4.69, 9.17) is 5.21 Å². The van der Waals surface area contributed by atoms with Gasteiger partial charge in [0.25, 0.3) is 12.0 Å². The van der Waals surface area contributed by atoms with Crippen molar-refractivity contribution in [2.45, 2.75) is 174 Å². The minimum absolute atomic E-state index is 0.0896. The van der Waals surface area contributed by atoms with Crippen LogP contribution < -0.4 is 0 Å². The van der Waals surface area contributed by atoms with E-state index in [2.05, 4.69) is 12.0 Å². The summed E-state index contributed by atoms with van der Waals surface area (Å²) in [5.41, 5.74) is 0. The molecule has 0 fully saturated rings. The first-order valence-electron chi connectivity index (χ1n) is 14.8. The molecule has 0 radical (unpaired) electrons. The maximum absolute atomic E-state index is 11.4. The van der Waals surface area contributed by atoms with E-state index in [0.717, 1.165) is 25.3 Å². The Morgan fingerprint density at radius 2 is 0.824 bits per heavy atom. The molecule has 34 heavy (non-hydrogen) atoms. The van der Waals surface area contributed by atoms with Crippen molar-refractivity contribution in [2.75, 3.05) is 0 Å². The summed E-state index contributed by atoms with van der Waals surface area (Å²) in [5.74, 6) is -0.544. The minimum atomic E-state index is -0.544. The fraction of sp³-hybridized carbons (Fsp3) is 0.931. The first kappa shape index (κ1) is 32.8. The SMILES string of the molecule is CCCCCCCCCCCCCCCCCCCCCCCCCCCC(=O)N(O)N=C=O. The number of unbranched alkanes of at least 4 members (excludes halogenated alkanes) is 24. The van der Waals surface area contributed by atoms with Crippen molar-refractivity contribution in [3.05, 3.63) is 0 Å². The lowest BCUT2D eigenvalue weighted by molar-refractivity contribution is -0.165. The van der Waals surface area contributed by atoms with Crippen LogP contribution in [0.25, 0.3) is 0 Å². The van der Waals surface area contributed by atoms with Crippen molar-refractivity contribution in [3.8, 4) is 0 Å². The second kappa shape index (κ2) is 28.1. The lowest BCUT2D eigenvalue weighted by atomic mass is 10.0. The summed E-state index contributed by atoms with van der Waals surface area (Å²) < 4.78 is 0. The van der Waals surface area contributed by atoms with E-state index >= 15 is 0 Å². The number of carbonyl (C=O) groups is 1. The van der Waals surface area contributed by atoms with E-state index in [1.54, 1.807) is 0 Å². The molecule has 0 saturated heterocycles. The average Bonchev–Trinajstić information content (AvgIpc) is 2.84. The van der Waals surface area contributed by atoms with Gasteiger partial charge in [0, 0.05) is 6.42 Å². The average molecular weight is 481 g/mol. The summed E-state index contributed by atoms with van der Waals surface area (Å²) in [5, 5.41) is 12.0. The Morgan fingerprint density at radius 1 is 0.559 bits per heavy atom. The van der Waals surface area contributed by atoms with E-state index in [1.165, 1.54) is 141 Å². The zero-order valence-corrected chi connectivity index (χ0v) is 22.5. The third-order valence-electron chi connectivity index (χ3n) is 6.85. The smallest absolute Gasteiger partial charge is 0.269 e. The van der Waals surface area contributed by atoms with Gasteiger partial charge in [-0.05, 0) is 6.42 Å². The fourth-order valence-corrected chi connectivity index (χ4v) is 4.61. The topological polar surface area (TPSA) is 70.0 Å². The second-order valence-electron chi connectivity index (χ2n) is 10.1. The van der Waals surface area contributed by atoms with E-state index < -0.39 is 5.91 Å². The molecule has 0 aromatic rings. The Bertz CT molecular complexity index is 478. The molecule has 0 unspecified atom stereocenters. The van der Waals surface area contributed by atoms with Crippen LogP contribution in [0.4, 0.5) is 0 Å². The molecule has 0 aromatic carbocycles. The number of amides is 1. The van der Waals surface area contributed by atoms with Crippen LogP contribution in [0.3, 0.4) is 0 Å². The highest BCUT2D eigenvalue weighted by Crippen LogP contribution is 2.16. The van der Waals surface area contributed by atoms with Crippen molar-refractivity contribution in [2.24, 2.45) is 5.10 Å². The lowest BCUT2D eigenvalue weighted by Crippen LogP contribution is -2.20. The van der Waals surface area contributed by atoms with Gasteiger partial charge in [-0.2, -0.15) is 0 Å². The molecule has 0 aliphatic heterocycles. The Hall–Kier alpha value is -1.19. The van der Waals surface area contributed by atoms with E-state index in [-0.39, 0.29) is 11.6 Å². The number of carbonyl (C=O) groups excluding carboxylic acids is 2. The predicted octanol–water partition coefficient (Wildman–Crippen LogP) is 9.62. The van der Waals surface area contributed by atoms with Crippen molar-refractivity contribution >= 4 is 12.0 Å². The summed E-state index contributed by atoms with van der Waals surface area (Å²) in [6, 6.07) is 0. The molecule has 5 heteroatoms. The summed E-state index contributed by atoms with van der Waals surface area (Å²) in [6.45, 7) is 2.29. The minimum Gasteiger partial charge on any atom is -0.270 e. The van der Waals surface area contributed by atoms with Crippen LogP contribution in [0.5, 0.6) is 0 Å². The van der Waals surface area contributed by atoms with Crippen LogP contribution in [0.15, 0.2) is 5.10 Å². The van der Waals surface area contributed by atoms with Crippen LogP contribution in [-0.4, -0.2) is 22.4 Å². The third kappa shape index (κ3) is 25.4. The van der Waals surface area contributed by atoms with Crippen LogP contribution in [-0.2, 0) is 9.59 Å². The highest BCUT2D eigenvalue weighted by molar-refractivity contribution is 5.74. The quantitative estimate of drug-likeness (QED) is 0.0418. The maximum atomic E-state index is 11.4. The first-order chi connectivity index (χ1) is 16.7. The number of isocyanates is 1. The Morgan fingerprint density at radius 3 is 1.09 bits per heavy atom. The standard InChI is InChI=1S/C29H56N2O3/c1-2-3-4-5-6-7-8-9-10-11-12-13-14-15-16-17-18-19-20-21-22-23-24-25-26-27-29(33)31(34)30-28-32/h34H,2-27H2,1H3. The first-order valence-corrected chi connectivity index (χ1v) is 14.8. The zero-order valence-electron chi connectivity index (χ0n) is 22.5. The number of rotatable bonds is 27. The summed E-state index contributed by atoms with van der Waals surface area (Å²) in [7, 11) is 0. The van der Waals surface area contributed by atoms with E-state index in [0.29, 0.717) is 0 Å². The number of hydroxylamine groups is 1. The largest absolute Gasteiger partial charge is 0.270 e. The van der Waals surface area contributed by atoms with Gasteiger partial charge >= 0.3 is 0 Å². The summed E-state index contributed by atoms with van der Waals surface area (Å²) in [6.07, 6.45) is 35.1. The molecule has 0 saturated carbocycles. The van der Waals surface area contributed by atoms with Gasteiger partial charge < -0.3 is 0 Å². The molecule has 0 spiro atoms. The van der Waals surface area contributed by atoms with Crippen molar-refractivity contribution in [3.63, 3.8) is 0 Å². The maximum Gasteiger partial charge on any atom is 0.269 e. The van der Waals surface area contributed by atoms with Gasteiger partial charge in [0.2, 0.25) is 0 Å². The monoisotopic (exact) mass is 480 g/mol. The molecule has 0 aliphatic carbocycles. The number of hydrogen-bond acceptors (Lipinski definition) is 4. The molecule has 0 bridgehead atoms. The molecular weight excluding hydrogens is 424 g/mol.